The number of aromatic nitrogens is 2. The van der Waals surface area contributed by atoms with E-state index in [9.17, 15) is 14.9 Å². The van der Waals surface area contributed by atoms with Gasteiger partial charge in [0.2, 0.25) is 0 Å². The highest BCUT2D eigenvalue weighted by atomic mass is 16.6. The fourth-order valence-corrected chi connectivity index (χ4v) is 2.93. The summed E-state index contributed by atoms with van der Waals surface area (Å²) in [5.74, 6) is -0.361. The minimum Gasteiger partial charge on any atom is -0.348 e. The molecule has 0 saturated heterocycles. The molecule has 0 saturated carbocycles. The summed E-state index contributed by atoms with van der Waals surface area (Å²) in [4.78, 5) is 29.5. The van der Waals surface area contributed by atoms with E-state index in [4.69, 9.17) is 0 Å². The summed E-state index contributed by atoms with van der Waals surface area (Å²) in [6.07, 6.45) is 4.63. The molecular formula is C20H21N5O3. The molecular weight excluding hydrogens is 358 g/mol. The Kier molecular flexibility index (Phi) is 5.81. The zero-order valence-electron chi connectivity index (χ0n) is 15.7. The predicted octanol–water partition coefficient (Wildman–Crippen LogP) is 2.77. The molecule has 28 heavy (non-hydrogen) atoms. The normalized spacial score (nSPS) is 10.8. The third-order valence-electron chi connectivity index (χ3n) is 4.26. The van der Waals surface area contributed by atoms with E-state index in [0.717, 1.165) is 17.7 Å². The van der Waals surface area contributed by atoms with Gasteiger partial charge in [-0.3, -0.25) is 14.9 Å². The molecule has 0 aliphatic rings. The molecule has 1 heterocycles. The molecule has 3 aromatic rings. The largest absolute Gasteiger partial charge is 0.348 e. The van der Waals surface area contributed by atoms with Gasteiger partial charge in [-0.15, -0.1) is 0 Å². The van der Waals surface area contributed by atoms with E-state index in [1.165, 1.54) is 23.2 Å². The Bertz CT molecular complexity index is 983. The van der Waals surface area contributed by atoms with Crippen LogP contribution in [0.2, 0.25) is 0 Å². The minimum atomic E-state index is -0.501. The molecule has 0 fully saturated rings. The zero-order chi connectivity index (χ0) is 20.1. The second-order valence-electron chi connectivity index (χ2n) is 6.62. The second kappa shape index (κ2) is 8.45. The maximum absolute atomic E-state index is 12.6. The van der Waals surface area contributed by atoms with Crippen LogP contribution >= 0.6 is 0 Å². The molecule has 3 rings (SSSR count). The fraction of sp³-hybridized carbons (Fsp3) is 0.200. The first-order chi connectivity index (χ1) is 13.5. The van der Waals surface area contributed by atoms with Gasteiger partial charge in [-0.1, -0.05) is 24.3 Å². The molecule has 2 aromatic carbocycles. The number of nitrogens with zero attached hydrogens (tertiary/aromatic N) is 4. The Labute approximate surface area is 162 Å². The summed E-state index contributed by atoms with van der Waals surface area (Å²) in [6, 6.07) is 12.3. The standard InChI is InChI=1S/C20H21N5O3/c1-23(2)13-17-6-4-3-5-16(17)12-22-20(26)15-7-8-18(19(11-15)25(27)28)24-10-9-21-14-24/h3-11,14H,12-13H2,1-2H3,(H,22,26). The Hall–Kier alpha value is -3.52. The van der Waals surface area contributed by atoms with Gasteiger partial charge < -0.3 is 14.8 Å². The molecule has 8 heteroatoms. The van der Waals surface area contributed by atoms with E-state index < -0.39 is 4.92 Å². The molecule has 1 N–H and O–H groups in total. The Morgan fingerprint density at radius 2 is 1.96 bits per heavy atom. The molecule has 8 nitrogen and oxygen atoms in total. The molecule has 0 aliphatic heterocycles. The highest BCUT2D eigenvalue weighted by Crippen LogP contribution is 2.24. The lowest BCUT2D eigenvalue weighted by atomic mass is 10.1. The SMILES string of the molecule is CN(C)Cc1ccccc1CNC(=O)c1ccc(-n2ccnc2)c([N+](=O)[O-])c1. The fourth-order valence-electron chi connectivity index (χ4n) is 2.93. The lowest BCUT2D eigenvalue weighted by Crippen LogP contribution is -2.24. The number of hydrogen-bond donors (Lipinski definition) is 1. The molecule has 1 amide bonds. The first-order valence-corrected chi connectivity index (χ1v) is 8.72. The van der Waals surface area contributed by atoms with Crippen molar-refractivity contribution in [1.82, 2.24) is 19.8 Å². The predicted molar refractivity (Wildman–Crippen MR) is 105 cm³/mol. The van der Waals surface area contributed by atoms with E-state index in [0.29, 0.717) is 12.2 Å². The van der Waals surface area contributed by atoms with Gasteiger partial charge in [-0.2, -0.15) is 0 Å². The minimum absolute atomic E-state index is 0.154. The van der Waals surface area contributed by atoms with Crippen molar-refractivity contribution < 1.29 is 9.72 Å². The summed E-state index contributed by atoms with van der Waals surface area (Å²) in [5.41, 5.74) is 2.57. The number of amides is 1. The average molecular weight is 379 g/mol. The van der Waals surface area contributed by atoms with Crippen LogP contribution in [0, 0.1) is 10.1 Å². The molecule has 0 unspecified atom stereocenters. The van der Waals surface area contributed by atoms with Crippen molar-refractivity contribution in [3.8, 4) is 5.69 Å². The molecule has 0 atom stereocenters. The summed E-state index contributed by atoms with van der Waals surface area (Å²) >= 11 is 0. The number of nitro groups is 1. The lowest BCUT2D eigenvalue weighted by Gasteiger charge is -2.14. The lowest BCUT2D eigenvalue weighted by molar-refractivity contribution is -0.384. The van der Waals surface area contributed by atoms with Crippen LogP contribution < -0.4 is 5.32 Å². The van der Waals surface area contributed by atoms with Crippen LogP contribution in [-0.2, 0) is 13.1 Å². The number of carbonyl (C=O) groups excluding carboxylic acids is 1. The van der Waals surface area contributed by atoms with Crippen LogP contribution in [0.1, 0.15) is 21.5 Å². The van der Waals surface area contributed by atoms with Gasteiger partial charge in [0.1, 0.15) is 5.69 Å². The van der Waals surface area contributed by atoms with Gasteiger partial charge >= 0.3 is 0 Å². The van der Waals surface area contributed by atoms with Crippen molar-refractivity contribution in [3.63, 3.8) is 0 Å². The Morgan fingerprint density at radius 1 is 1.21 bits per heavy atom. The number of carbonyl (C=O) groups is 1. The molecule has 0 bridgehead atoms. The van der Waals surface area contributed by atoms with Crippen molar-refractivity contribution in [3.05, 3.63) is 88.0 Å². The van der Waals surface area contributed by atoms with Crippen molar-refractivity contribution in [2.24, 2.45) is 0 Å². The van der Waals surface area contributed by atoms with E-state index >= 15 is 0 Å². The molecule has 0 radical (unpaired) electrons. The quantitative estimate of drug-likeness (QED) is 0.503. The smallest absolute Gasteiger partial charge is 0.294 e. The third-order valence-corrected chi connectivity index (χ3v) is 4.26. The van der Waals surface area contributed by atoms with E-state index in [1.54, 1.807) is 18.3 Å². The molecule has 1 aromatic heterocycles. The first-order valence-electron chi connectivity index (χ1n) is 8.72. The Morgan fingerprint density at radius 3 is 2.61 bits per heavy atom. The number of benzene rings is 2. The summed E-state index contributed by atoms with van der Waals surface area (Å²) in [6.45, 7) is 1.11. The summed E-state index contributed by atoms with van der Waals surface area (Å²) < 4.78 is 1.54. The van der Waals surface area contributed by atoms with Gasteiger partial charge in [0.25, 0.3) is 11.6 Å². The van der Waals surface area contributed by atoms with Gasteiger partial charge in [0, 0.05) is 37.1 Å². The van der Waals surface area contributed by atoms with Crippen LogP contribution in [0.5, 0.6) is 0 Å². The highest BCUT2D eigenvalue weighted by molar-refractivity contribution is 5.95. The highest BCUT2D eigenvalue weighted by Gasteiger charge is 2.19. The van der Waals surface area contributed by atoms with Crippen molar-refractivity contribution in [1.29, 1.82) is 0 Å². The number of rotatable bonds is 7. The maximum atomic E-state index is 12.6. The summed E-state index contributed by atoms with van der Waals surface area (Å²) in [7, 11) is 3.96. The average Bonchev–Trinajstić information content (AvgIpc) is 3.20. The van der Waals surface area contributed by atoms with Gasteiger partial charge in [-0.25, -0.2) is 4.98 Å². The Balaban J connectivity index is 1.79. The molecule has 144 valence electrons. The van der Waals surface area contributed by atoms with Gasteiger partial charge in [0.15, 0.2) is 0 Å². The van der Waals surface area contributed by atoms with Gasteiger partial charge in [0.05, 0.1) is 11.3 Å². The van der Waals surface area contributed by atoms with E-state index in [2.05, 4.69) is 15.2 Å². The van der Waals surface area contributed by atoms with Crippen LogP contribution in [0.3, 0.4) is 0 Å². The number of nitro benzene ring substituents is 1. The molecule has 0 aliphatic carbocycles. The maximum Gasteiger partial charge on any atom is 0.294 e. The van der Waals surface area contributed by atoms with Crippen LogP contribution in [0.25, 0.3) is 5.69 Å². The van der Waals surface area contributed by atoms with E-state index in [-0.39, 0.29) is 17.2 Å². The van der Waals surface area contributed by atoms with Gasteiger partial charge in [-0.05, 0) is 37.4 Å². The summed E-state index contributed by atoms with van der Waals surface area (Å²) in [5, 5.41) is 14.3. The number of hydrogen-bond acceptors (Lipinski definition) is 5. The van der Waals surface area contributed by atoms with Crippen LogP contribution in [0.4, 0.5) is 5.69 Å². The third kappa shape index (κ3) is 4.41. The monoisotopic (exact) mass is 379 g/mol. The van der Waals surface area contributed by atoms with E-state index in [1.807, 2.05) is 38.4 Å². The topological polar surface area (TPSA) is 93.3 Å². The van der Waals surface area contributed by atoms with Crippen LogP contribution in [0.15, 0.2) is 61.2 Å². The second-order valence-corrected chi connectivity index (χ2v) is 6.62. The van der Waals surface area contributed by atoms with Crippen molar-refractivity contribution >= 4 is 11.6 Å². The van der Waals surface area contributed by atoms with Crippen molar-refractivity contribution in [2.75, 3.05) is 14.1 Å². The number of imidazole rings is 1. The van der Waals surface area contributed by atoms with Crippen molar-refractivity contribution in [2.45, 2.75) is 13.1 Å². The van der Waals surface area contributed by atoms with Crippen LogP contribution in [-0.4, -0.2) is 39.4 Å². The molecule has 0 spiro atoms. The zero-order valence-corrected chi connectivity index (χ0v) is 15.7. The first kappa shape index (κ1) is 19.2. The number of nitrogens with one attached hydrogen (secondary N) is 1.